The van der Waals surface area contributed by atoms with Crippen molar-refractivity contribution >= 4 is 17.8 Å². The van der Waals surface area contributed by atoms with Crippen LogP contribution < -0.4 is 0 Å². The van der Waals surface area contributed by atoms with Crippen LogP contribution in [0.4, 0.5) is 0 Å². The molecule has 3 heteroatoms. The lowest BCUT2D eigenvalue weighted by atomic mass is 10.2. The molecule has 0 fully saturated rings. The van der Waals surface area contributed by atoms with Crippen LogP contribution in [0.15, 0.2) is 41.5 Å². The van der Waals surface area contributed by atoms with E-state index in [2.05, 4.69) is 15.6 Å². The molecule has 1 aliphatic rings. The van der Waals surface area contributed by atoms with Crippen molar-refractivity contribution < 1.29 is 0 Å². The van der Waals surface area contributed by atoms with Crippen LogP contribution in [0.2, 0.25) is 5.02 Å². The Morgan fingerprint density at radius 3 is 3.07 bits per heavy atom. The van der Waals surface area contributed by atoms with Gasteiger partial charge in [0.1, 0.15) is 0 Å². The lowest BCUT2D eigenvalue weighted by Gasteiger charge is -2.10. The minimum Gasteiger partial charge on any atom is -0.314 e. The average molecular weight is 217 g/mol. The predicted octanol–water partition coefficient (Wildman–Crippen LogP) is 3.06. The Balaban J connectivity index is 2.37. The molecule has 0 spiro atoms. The van der Waals surface area contributed by atoms with Crippen LogP contribution >= 0.6 is 11.6 Å². The highest BCUT2D eigenvalue weighted by atomic mass is 35.5. The fraction of sp³-hybridized carbons (Fsp3) is 0.0833. The van der Waals surface area contributed by atoms with Gasteiger partial charge in [-0.25, -0.2) is 0 Å². The van der Waals surface area contributed by atoms with Crippen molar-refractivity contribution in [1.82, 2.24) is 4.57 Å². The number of aromatic nitrogens is 1. The third kappa shape index (κ3) is 1.29. The van der Waals surface area contributed by atoms with Crippen LogP contribution in [0, 0.1) is 0 Å². The molecular formula is C12H9ClN2. The summed E-state index contributed by atoms with van der Waals surface area (Å²) in [5, 5.41) is 0.774. The number of hydrogen-bond acceptors (Lipinski definition) is 1. The topological polar surface area (TPSA) is 17.3 Å². The van der Waals surface area contributed by atoms with Crippen molar-refractivity contribution in [1.29, 1.82) is 0 Å². The van der Waals surface area contributed by atoms with E-state index in [4.69, 9.17) is 11.6 Å². The number of fused-ring (bicyclic) bond motifs is 3. The first kappa shape index (κ1) is 8.74. The van der Waals surface area contributed by atoms with Crippen molar-refractivity contribution in [2.45, 2.75) is 6.54 Å². The molecule has 2 nitrogen and oxygen atoms in total. The van der Waals surface area contributed by atoms with Gasteiger partial charge in [0.2, 0.25) is 0 Å². The molecule has 1 aromatic heterocycles. The average Bonchev–Trinajstić information content (AvgIpc) is 2.60. The highest BCUT2D eigenvalue weighted by Crippen LogP contribution is 2.27. The number of hydrogen-bond donors (Lipinski definition) is 0. The molecule has 2 aromatic rings. The summed E-state index contributed by atoms with van der Waals surface area (Å²) in [4.78, 5) is 4.36. The van der Waals surface area contributed by atoms with E-state index in [1.165, 1.54) is 0 Å². The Morgan fingerprint density at radius 2 is 2.13 bits per heavy atom. The molecule has 74 valence electrons. The molecule has 0 unspecified atom stereocenters. The molecule has 15 heavy (non-hydrogen) atoms. The number of nitrogens with zero attached hydrogens (tertiary/aromatic N) is 2. The van der Waals surface area contributed by atoms with Crippen LogP contribution in [0.1, 0.15) is 11.3 Å². The summed E-state index contributed by atoms with van der Waals surface area (Å²) in [6.45, 7) is 0.692. The molecule has 0 radical (unpaired) electrons. The fourth-order valence-electron chi connectivity index (χ4n) is 1.90. The van der Waals surface area contributed by atoms with Crippen LogP contribution in [0.5, 0.6) is 0 Å². The summed E-state index contributed by atoms with van der Waals surface area (Å²) in [6.07, 6.45) is 3.90. The normalized spacial score (nSPS) is 13.1. The number of benzene rings is 1. The molecule has 2 heterocycles. The van der Waals surface area contributed by atoms with Gasteiger partial charge in [0.15, 0.2) is 0 Å². The highest BCUT2D eigenvalue weighted by Gasteiger charge is 2.12. The monoisotopic (exact) mass is 216 g/mol. The summed E-state index contributed by atoms with van der Waals surface area (Å²) >= 11 is 6.22. The largest absolute Gasteiger partial charge is 0.314 e. The van der Waals surface area contributed by atoms with Gasteiger partial charge in [-0.1, -0.05) is 23.7 Å². The zero-order chi connectivity index (χ0) is 10.3. The Kier molecular flexibility index (Phi) is 1.89. The van der Waals surface area contributed by atoms with E-state index in [0.717, 1.165) is 22.0 Å². The van der Waals surface area contributed by atoms with Crippen LogP contribution in [-0.2, 0) is 6.54 Å². The fourth-order valence-corrected chi connectivity index (χ4v) is 2.18. The SMILES string of the molecule is Clc1cccc2c1-n1cccc1C=NC2. The zero-order valence-corrected chi connectivity index (χ0v) is 8.78. The van der Waals surface area contributed by atoms with Gasteiger partial charge in [-0.05, 0) is 23.8 Å². The molecule has 0 saturated carbocycles. The first-order chi connectivity index (χ1) is 7.36. The van der Waals surface area contributed by atoms with Crippen molar-refractivity contribution in [3.8, 4) is 5.69 Å². The summed E-state index contributed by atoms with van der Waals surface area (Å²) < 4.78 is 2.08. The van der Waals surface area contributed by atoms with Gasteiger partial charge in [0.25, 0.3) is 0 Å². The minimum atomic E-state index is 0.692. The van der Waals surface area contributed by atoms with Gasteiger partial charge < -0.3 is 4.57 Å². The number of aliphatic imine (C=N–C) groups is 1. The smallest absolute Gasteiger partial charge is 0.0693 e. The number of halogens is 1. The lowest BCUT2D eigenvalue weighted by molar-refractivity contribution is 1.02. The molecule has 0 N–H and O–H groups in total. The molecule has 3 rings (SSSR count). The number of para-hydroxylation sites is 1. The maximum atomic E-state index is 6.22. The van der Waals surface area contributed by atoms with Gasteiger partial charge in [0, 0.05) is 12.4 Å². The van der Waals surface area contributed by atoms with Crippen molar-refractivity contribution in [3.05, 3.63) is 52.8 Å². The Bertz CT molecular complexity index is 540. The maximum absolute atomic E-state index is 6.22. The Morgan fingerprint density at radius 1 is 1.20 bits per heavy atom. The molecule has 0 amide bonds. The minimum absolute atomic E-state index is 0.692. The molecule has 1 aromatic carbocycles. The van der Waals surface area contributed by atoms with Gasteiger partial charge in [-0.15, -0.1) is 0 Å². The van der Waals surface area contributed by atoms with Crippen molar-refractivity contribution in [3.63, 3.8) is 0 Å². The van der Waals surface area contributed by atoms with E-state index in [1.54, 1.807) is 0 Å². The van der Waals surface area contributed by atoms with E-state index in [9.17, 15) is 0 Å². The molecule has 0 atom stereocenters. The molecule has 1 aliphatic heterocycles. The second-order valence-corrected chi connectivity index (χ2v) is 3.93. The second-order valence-electron chi connectivity index (χ2n) is 3.52. The van der Waals surface area contributed by atoms with Gasteiger partial charge in [0.05, 0.1) is 22.9 Å². The summed E-state index contributed by atoms with van der Waals surface area (Å²) in [5.74, 6) is 0. The molecular weight excluding hydrogens is 208 g/mol. The Labute approximate surface area is 92.8 Å². The van der Waals surface area contributed by atoms with Gasteiger partial charge in [-0.3, -0.25) is 4.99 Å². The number of rotatable bonds is 0. The first-order valence-corrected chi connectivity index (χ1v) is 5.19. The molecule has 0 bridgehead atoms. The summed E-state index contributed by atoms with van der Waals surface area (Å²) in [5.41, 5.74) is 3.28. The van der Waals surface area contributed by atoms with Crippen LogP contribution in [0.3, 0.4) is 0 Å². The van der Waals surface area contributed by atoms with E-state index >= 15 is 0 Å². The van der Waals surface area contributed by atoms with Crippen LogP contribution in [0.25, 0.3) is 5.69 Å². The van der Waals surface area contributed by atoms with E-state index in [-0.39, 0.29) is 0 Å². The van der Waals surface area contributed by atoms with E-state index < -0.39 is 0 Å². The first-order valence-electron chi connectivity index (χ1n) is 4.81. The third-order valence-electron chi connectivity index (χ3n) is 2.58. The highest BCUT2D eigenvalue weighted by molar-refractivity contribution is 6.32. The lowest BCUT2D eigenvalue weighted by Crippen LogP contribution is -1.99. The summed E-state index contributed by atoms with van der Waals surface area (Å²) in [7, 11) is 0. The van der Waals surface area contributed by atoms with Gasteiger partial charge in [-0.2, -0.15) is 0 Å². The van der Waals surface area contributed by atoms with Crippen molar-refractivity contribution in [2.24, 2.45) is 4.99 Å². The third-order valence-corrected chi connectivity index (χ3v) is 2.88. The predicted molar refractivity (Wildman–Crippen MR) is 62.1 cm³/mol. The zero-order valence-electron chi connectivity index (χ0n) is 8.02. The summed E-state index contributed by atoms with van der Waals surface area (Å²) in [6, 6.07) is 9.97. The molecule has 0 saturated heterocycles. The van der Waals surface area contributed by atoms with Crippen molar-refractivity contribution in [2.75, 3.05) is 0 Å². The maximum Gasteiger partial charge on any atom is 0.0693 e. The standard InChI is InChI=1S/C12H9ClN2/c13-11-5-1-3-9-7-14-8-10-4-2-6-15(10)12(9)11/h1-6,8H,7H2. The van der Waals surface area contributed by atoms with Crippen LogP contribution in [-0.4, -0.2) is 10.8 Å². The molecule has 0 aliphatic carbocycles. The van der Waals surface area contributed by atoms with E-state index in [0.29, 0.717) is 6.54 Å². The Hall–Kier alpha value is -1.54. The van der Waals surface area contributed by atoms with Gasteiger partial charge >= 0.3 is 0 Å². The second kappa shape index (κ2) is 3.24. The quantitative estimate of drug-likeness (QED) is 0.644. The van der Waals surface area contributed by atoms with E-state index in [1.807, 2.05) is 36.7 Å².